The van der Waals surface area contributed by atoms with E-state index in [0.717, 1.165) is 17.6 Å². The van der Waals surface area contributed by atoms with E-state index < -0.39 is 0 Å². The molecular formula is C16H18N2O2. The van der Waals surface area contributed by atoms with Crippen LogP contribution in [0.15, 0.2) is 29.1 Å². The van der Waals surface area contributed by atoms with Crippen LogP contribution in [0.5, 0.6) is 0 Å². The van der Waals surface area contributed by atoms with Gasteiger partial charge in [-0.15, -0.1) is 0 Å². The van der Waals surface area contributed by atoms with Crippen LogP contribution in [-0.2, 0) is 7.05 Å². The van der Waals surface area contributed by atoms with Crippen LogP contribution >= 0.6 is 0 Å². The number of aromatic nitrogens is 1. The minimum absolute atomic E-state index is 0.0789. The summed E-state index contributed by atoms with van der Waals surface area (Å²) in [4.78, 5) is 24.8. The first-order valence-corrected chi connectivity index (χ1v) is 6.98. The second-order valence-electron chi connectivity index (χ2n) is 5.50. The normalized spacial score (nSPS) is 18.9. The van der Waals surface area contributed by atoms with Crippen molar-refractivity contribution in [1.29, 1.82) is 0 Å². The molecule has 0 spiro atoms. The molecule has 3 rings (SSSR count). The Balaban J connectivity index is 2.40. The molecule has 0 fully saturated rings. The fourth-order valence-corrected chi connectivity index (χ4v) is 3.02. The molecular weight excluding hydrogens is 252 g/mol. The van der Waals surface area contributed by atoms with Crippen molar-refractivity contribution >= 4 is 16.8 Å². The van der Waals surface area contributed by atoms with Crippen LogP contribution in [0.25, 0.3) is 10.9 Å². The van der Waals surface area contributed by atoms with E-state index >= 15 is 0 Å². The molecule has 4 nitrogen and oxygen atoms in total. The molecule has 0 saturated carbocycles. The third-order valence-corrected chi connectivity index (χ3v) is 4.38. The Morgan fingerprint density at radius 1 is 1.30 bits per heavy atom. The van der Waals surface area contributed by atoms with Gasteiger partial charge in [-0.3, -0.25) is 9.59 Å². The van der Waals surface area contributed by atoms with Crippen LogP contribution in [0.4, 0.5) is 0 Å². The van der Waals surface area contributed by atoms with Gasteiger partial charge in [0.2, 0.25) is 5.43 Å². The maximum atomic E-state index is 12.6. The molecule has 2 aromatic rings. The first kappa shape index (κ1) is 12.9. The SMILES string of the molecule is CC[C@@H](C)[C@@H]1NC(=O)c2c1n(C)c1ccccc1c2=O. The Kier molecular flexibility index (Phi) is 2.89. The van der Waals surface area contributed by atoms with Crippen LogP contribution in [0, 0.1) is 5.92 Å². The number of hydrogen-bond acceptors (Lipinski definition) is 2. The van der Waals surface area contributed by atoms with Gasteiger partial charge in [0.05, 0.1) is 17.3 Å². The molecule has 2 heterocycles. The molecule has 1 amide bonds. The number of nitrogens with one attached hydrogen (secondary N) is 1. The fraction of sp³-hybridized carbons (Fsp3) is 0.375. The minimum Gasteiger partial charge on any atom is -0.345 e. The smallest absolute Gasteiger partial charge is 0.257 e. The summed E-state index contributed by atoms with van der Waals surface area (Å²) in [7, 11) is 1.93. The van der Waals surface area contributed by atoms with Gasteiger partial charge < -0.3 is 9.88 Å². The molecule has 1 N–H and O–H groups in total. The van der Waals surface area contributed by atoms with Crippen molar-refractivity contribution in [1.82, 2.24) is 9.88 Å². The van der Waals surface area contributed by atoms with Crippen molar-refractivity contribution in [3.63, 3.8) is 0 Å². The molecule has 0 radical (unpaired) electrons. The van der Waals surface area contributed by atoms with Gasteiger partial charge in [-0.25, -0.2) is 0 Å². The fourth-order valence-electron chi connectivity index (χ4n) is 3.02. The monoisotopic (exact) mass is 270 g/mol. The lowest BCUT2D eigenvalue weighted by Crippen LogP contribution is -2.25. The summed E-state index contributed by atoms with van der Waals surface area (Å²) in [5.41, 5.74) is 1.86. The number of benzene rings is 1. The lowest BCUT2D eigenvalue weighted by Gasteiger charge is -2.21. The van der Waals surface area contributed by atoms with Crippen molar-refractivity contribution in [2.24, 2.45) is 13.0 Å². The van der Waals surface area contributed by atoms with Gasteiger partial charge in [-0.1, -0.05) is 32.4 Å². The largest absolute Gasteiger partial charge is 0.345 e. The first-order chi connectivity index (χ1) is 9.56. The number of rotatable bonds is 2. The van der Waals surface area contributed by atoms with E-state index in [4.69, 9.17) is 0 Å². The summed E-state index contributed by atoms with van der Waals surface area (Å²) in [5, 5.41) is 3.57. The molecule has 1 aliphatic heterocycles. The van der Waals surface area contributed by atoms with Gasteiger partial charge in [-0.05, 0) is 18.1 Å². The zero-order valence-corrected chi connectivity index (χ0v) is 11.9. The van der Waals surface area contributed by atoms with Crippen LogP contribution in [-0.4, -0.2) is 10.5 Å². The zero-order chi connectivity index (χ0) is 14.4. The van der Waals surface area contributed by atoms with Crippen LogP contribution in [0.1, 0.15) is 42.4 Å². The van der Waals surface area contributed by atoms with Crippen molar-refractivity contribution in [2.75, 3.05) is 0 Å². The molecule has 0 aliphatic carbocycles. The molecule has 4 heteroatoms. The highest BCUT2D eigenvalue weighted by Gasteiger charge is 2.36. The van der Waals surface area contributed by atoms with E-state index in [2.05, 4.69) is 19.2 Å². The predicted molar refractivity (Wildman–Crippen MR) is 78.9 cm³/mol. The highest BCUT2D eigenvalue weighted by atomic mass is 16.2. The standard InChI is InChI=1S/C16H18N2O2/c1-4-9(2)13-14-12(16(20)17-13)15(19)10-7-5-6-8-11(10)18(14)3/h5-9,13H,4H2,1-3H3,(H,17,20)/t9-,13+/m1/s1. The van der Waals surface area contributed by atoms with E-state index in [1.165, 1.54) is 0 Å². The van der Waals surface area contributed by atoms with Crippen LogP contribution in [0.3, 0.4) is 0 Å². The summed E-state index contributed by atoms with van der Waals surface area (Å²) in [6.07, 6.45) is 0.950. The average molecular weight is 270 g/mol. The van der Waals surface area contributed by atoms with E-state index in [1.807, 2.05) is 29.8 Å². The first-order valence-electron chi connectivity index (χ1n) is 6.98. The Labute approximate surface area is 117 Å². The molecule has 104 valence electrons. The van der Waals surface area contributed by atoms with Crippen molar-refractivity contribution in [3.05, 3.63) is 45.7 Å². The van der Waals surface area contributed by atoms with E-state index in [9.17, 15) is 9.59 Å². The summed E-state index contributed by atoms with van der Waals surface area (Å²) in [5.74, 6) is 0.0589. The van der Waals surface area contributed by atoms with Crippen molar-refractivity contribution in [2.45, 2.75) is 26.3 Å². The quantitative estimate of drug-likeness (QED) is 0.910. The molecule has 1 aromatic heterocycles. The Morgan fingerprint density at radius 3 is 2.70 bits per heavy atom. The summed E-state index contributed by atoms with van der Waals surface area (Å²) in [6, 6.07) is 7.37. The highest BCUT2D eigenvalue weighted by molar-refractivity contribution is 6.01. The molecule has 0 bridgehead atoms. The minimum atomic E-state index is -0.239. The van der Waals surface area contributed by atoms with E-state index in [0.29, 0.717) is 16.9 Å². The average Bonchev–Trinajstić information content (AvgIpc) is 2.82. The van der Waals surface area contributed by atoms with Crippen molar-refractivity contribution in [3.8, 4) is 0 Å². The number of pyridine rings is 1. The number of para-hydroxylation sites is 1. The van der Waals surface area contributed by atoms with Crippen LogP contribution in [0.2, 0.25) is 0 Å². The van der Waals surface area contributed by atoms with Crippen LogP contribution < -0.4 is 10.7 Å². The summed E-state index contributed by atoms with van der Waals surface area (Å²) in [6.45, 7) is 4.19. The second kappa shape index (κ2) is 4.47. The van der Waals surface area contributed by atoms with Gasteiger partial charge in [0.1, 0.15) is 5.56 Å². The third-order valence-electron chi connectivity index (χ3n) is 4.38. The van der Waals surface area contributed by atoms with Gasteiger partial charge in [0.25, 0.3) is 5.91 Å². The molecule has 1 aliphatic rings. The Bertz CT molecular complexity index is 761. The van der Waals surface area contributed by atoms with E-state index in [-0.39, 0.29) is 17.4 Å². The summed E-state index contributed by atoms with van der Waals surface area (Å²) < 4.78 is 1.99. The highest BCUT2D eigenvalue weighted by Crippen LogP contribution is 2.32. The lowest BCUT2D eigenvalue weighted by molar-refractivity contribution is 0.0946. The molecule has 0 unspecified atom stereocenters. The lowest BCUT2D eigenvalue weighted by atomic mass is 9.95. The number of carbonyl (C=O) groups excluding carboxylic acids is 1. The Hall–Kier alpha value is -2.10. The number of amides is 1. The zero-order valence-electron chi connectivity index (χ0n) is 11.9. The molecule has 20 heavy (non-hydrogen) atoms. The Morgan fingerprint density at radius 2 is 2.00 bits per heavy atom. The van der Waals surface area contributed by atoms with Gasteiger partial charge in [-0.2, -0.15) is 0 Å². The number of nitrogens with zero attached hydrogens (tertiary/aromatic N) is 1. The summed E-state index contributed by atoms with van der Waals surface area (Å²) >= 11 is 0. The van der Waals surface area contributed by atoms with E-state index in [1.54, 1.807) is 6.07 Å². The van der Waals surface area contributed by atoms with Gasteiger partial charge >= 0.3 is 0 Å². The number of fused-ring (bicyclic) bond motifs is 2. The topological polar surface area (TPSA) is 51.1 Å². The second-order valence-corrected chi connectivity index (χ2v) is 5.50. The number of hydrogen-bond donors (Lipinski definition) is 1. The maximum Gasteiger partial charge on any atom is 0.257 e. The third kappa shape index (κ3) is 1.60. The maximum absolute atomic E-state index is 12.6. The number of carbonyl (C=O) groups is 1. The van der Waals surface area contributed by atoms with Gasteiger partial charge in [0.15, 0.2) is 0 Å². The molecule has 1 aromatic carbocycles. The number of aryl methyl sites for hydroxylation is 1. The predicted octanol–water partition coefficient (Wildman–Crippen LogP) is 2.37. The van der Waals surface area contributed by atoms with Gasteiger partial charge in [0, 0.05) is 12.4 Å². The van der Waals surface area contributed by atoms with Crippen molar-refractivity contribution < 1.29 is 4.79 Å². The molecule has 2 atom stereocenters. The molecule has 0 saturated heterocycles.